The zero-order valence-electron chi connectivity index (χ0n) is 21.5. The summed E-state index contributed by atoms with van der Waals surface area (Å²) < 4.78 is 335. The van der Waals surface area contributed by atoms with Crippen LogP contribution in [0.2, 0.25) is 0 Å². The second kappa shape index (κ2) is 14.5. The quantitative estimate of drug-likeness (QED) is 0.294. The molecule has 0 amide bonds. The van der Waals surface area contributed by atoms with Gasteiger partial charge in [-0.2, -0.15) is 79.0 Å². The van der Waals surface area contributed by atoms with Crippen LogP contribution in [0, 0.1) is 7.83 Å². The van der Waals surface area contributed by atoms with Crippen LogP contribution in [-0.2, 0) is 59.0 Å². The van der Waals surface area contributed by atoms with E-state index in [4.69, 9.17) is 0 Å². The summed E-state index contributed by atoms with van der Waals surface area (Å²) in [6, 6.07) is 0. The number of aromatic nitrogens is 2. The molecule has 1 aromatic heterocycles. The van der Waals surface area contributed by atoms with Gasteiger partial charge in [-0.05, 0) is 0 Å². The van der Waals surface area contributed by atoms with Crippen molar-refractivity contribution in [1.82, 2.24) is 0 Å². The average Bonchev–Trinajstić information content (AvgIpc) is 2.80. The van der Waals surface area contributed by atoms with Crippen molar-refractivity contribution in [3.05, 3.63) is 32.6 Å². The topological polar surface area (TPSA) is 233 Å². The summed E-state index contributed by atoms with van der Waals surface area (Å²) in [7, 11) is -48.1. The first-order valence-electron chi connectivity index (χ1n) is 9.67. The number of H-pyrrole nitrogens is 2. The fourth-order valence-electron chi connectivity index (χ4n) is 1.74. The summed E-state index contributed by atoms with van der Waals surface area (Å²) >= 11 is 0. The molecule has 0 unspecified atom stereocenters. The summed E-state index contributed by atoms with van der Waals surface area (Å²) in [5.74, 6) is 0. The van der Waals surface area contributed by atoms with E-state index >= 15 is 0 Å². The van der Waals surface area contributed by atoms with Crippen LogP contribution in [0.25, 0.3) is 0 Å². The van der Waals surface area contributed by atoms with Gasteiger partial charge in [0.1, 0.15) is 0 Å². The third kappa shape index (κ3) is 10.3. The van der Waals surface area contributed by atoms with E-state index in [-0.39, 0.29) is 0 Å². The van der Waals surface area contributed by atoms with Crippen molar-refractivity contribution in [3.8, 4) is 0 Å². The molecule has 1 aromatic rings. The number of nitrogens with one attached hydrogen (secondary N) is 2. The van der Waals surface area contributed by atoms with Crippen molar-refractivity contribution in [2.75, 3.05) is 0 Å². The standard InChI is InChI=1S/2C4F9O6S3.C4H4N2/c2*5-2(6,7)20(14,15)1(21(16,17)3(8,9)10)22(18,19)4(11,12)13;1-2-6-4-3-5-1/h;;1-4H/q2*-1;/p+2. The molecule has 0 spiro atoms. The number of hydrogen-bond donors (Lipinski definition) is 0. The Morgan fingerprint density at radius 1 is 0.280 bits per heavy atom. The lowest BCUT2D eigenvalue weighted by atomic mass is 10.8. The monoisotopic (exact) mass is 904 g/mol. The third-order valence-electron chi connectivity index (χ3n) is 3.70. The molecule has 298 valence electrons. The Bertz CT molecular complexity index is 1630. The molecule has 0 aliphatic rings. The van der Waals surface area contributed by atoms with E-state index in [9.17, 15) is 130 Å². The maximum atomic E-state index is 12.0. The number of halogens is 18. The molecule has 14 nitrogen and oxygen atoms in total. The van der Waals surface area contributed by atoms with Gasteiger partial charge in [0.25, 0.3) is 0 Å². The number of hydrogen-bond acceptors (Lipinski definition) is 12. The van der Waals surface area contributed by atoms with E-state index in [1.54, 1.807) is 0 Å². The van der Waals surface area contributed by atoms with Crippen LogP contribution in [0.1, 0.15) is 0 Å². The molecule has 0 aliphatic carbocycles. The first kappa shape index (κ1) is 49.6. The smallest absolute Gasteiger partial charge is 0.251 e. The molecule has 50 heavy (non-hydrogen) atoms. The Morgan fingerprint density at radius 2 is 0.380 bits per heavy atom. The second-order valence-corrected chi connectivity index (χ2v) is 20.0. The predicted octanol–water partition coefficient (Wildman–Crippen LogP) is 1.79. The van der Waals surface area contributed by atoms with Crippen LogP contribution in [0.15, 0.2) is 24.8 Å². The molecule has 0 saturated heterocycles. The van der Waals surface area contributed by atoms with Gasteiger partial charge in [0.15, 0.2) is 59.0 Å². The van der Waals surface area contributed by atoms with Gasteiger partial charge in [-0.1, -0.05) is 0 Å². The van der Waals surface area contributed by atoms with Crippen LogP contribution >= 0.6 is 0 Å². The molecule has 0 saturated carbocycles. The molecule has 0 aliphatic heterocycles. The summed E-state index contributed by atoms with van der Waals surface area (Å²) in [4.78, 5) is 5.72. The Balaban J connectivity index is 0. The second-order valence-electron chi connectivity index (χ2n) is 7.20. The van der Waals surface area contributed by atoms with E-state index in [0.29, 0.717) is 0 Å². The molecule has 38 heteroatoms. The zero-order valence-corrected chi connectivity index (χ0v) is 26.4. The minimum Gasteiger partial charge on any atom is -0.251 e. The maximum Gasteiger partial charge on any atom is 0.470 e. The van der Waals surface area contributed by atoms with E-state index in [1.165, 1.54) is 0 Å². The van der Waals surface area contributed by atoms with Crippen molar-refractivity contribution in [1.29, 1.82) is 0 Å². The molecule has 0 atom stereocenters. The van der Waals surface area contributed by atoms with E-state index in [1.807, 2.05) is 24.8 Å². The molecular weight excluding hydrogens is 899 g/mol. The summed E-state index contributed by atoms with van der Waals surface area (Å²) in [6.45, 7) is 0. The molecule has 0 radical (unpaired) electrons. The minimum atomic E-state index is -8.02. The van der Waals surface area contributed by atoms with E-state index in [2.05, 4.69) is 9.97 Å². The van der Waals surface area contributed by atoms with Gasteiger partial charge in [0, 0.05) is 0 Å². The fraction of sp³-hybridized carbons (Fsp3) is 0.500. The zero-order chi connectivity index (χ0) is 41.4. The molecule has 2 N–H and O–H groups in total. The number of sulfone groups is 6. The van der Waals surface area contributed by atoms with Crippen molar-refractivity contribution in [2.45, 2.75) is 33.0 Å². The van der Waals surface area contributed by atoms with Crippen LogP contribution < -0.4 is 9.97 Å². The van der Waals surface area contributed by atoms with Gasteiger partial charge >= 0.3 is 33.0 Å². The average molecular weight is 905 g/mol. The Hall–Kier alpha value is -2.48. The predicted molar refractivity (Wildman–Crippen MR) is 116 cm³/mol. The third-order valence-corrected chi connectivity index (χ3v) is 17.9. The van der Waals surface area contributed by atoms with Gasteiger partial charge in [-0.3, -0.25) is 50.5 Å². The Labute approximate surface area is 264 Å². The van der Waals surface area contributed by atoms with Crippen molar-refractivity contribution >= 4 is 59.0 Å². The fourth-order valence-corrected chi connectivity index (χ4v) is 13.2. The van der Waals surface area contributed by atoms with Gasteiger partial charge in [-0.25, -0.2) is 9.97 Å². The van der Waals surface area contributed by atoms with Crippen molar-refractivity contribution in [3.63, 3.8) is 0 Å². The van der Waals surface area contributed by atoms with Gasteiger partial charge in [0.05, 0.1) is 7.83 Å². The summed E-state index contributed by atoms with van der Waals surface area (Å²) in [5, 5.41) is 0. The molecule has 0 aromatic carbocycles. The Morgan fingerprint density at radius 3 is 0.440 bits per heavy atom. The van der Waals surface area contributed by atoms with Gasteiger partial charge < -0.3 is 0 Å². The molecule has 0 bridgehead atoms. The molecule has 1 rings (SSSR count). The van der Waals surface area contributed by atoms with Crippen LogP contribution in [0.5, 0.6) is 0 Å². The highest BCUT2D eigenvalue weighted by atomic mass is 32.3. The van der Waals surface area contributed by atoms with Crippen LogP contribution in [0.3, 0.4) is 0 Å². The van der Waals surface area contributed by atoms with Crippen molar-refractivity contribution < 1.29 is 140 Å². The van der Waals surface area contributed by atoms with Crippen LogP contribution in [-0.4, -0.2) is 83.6 Å². The lowest BCUT2D eigenvalue weighted by Crippen LogP contribution is -2.47. The summed E-state index contributed by atoms with van der Waals surface area (Å²) in [6.07, 6.45) is 7.28. The first-order valence-corrected chi connectivity index (χ1v) is 18.6. The number of alkyl halides is 18. The van der Waals surface area contributed by atoms with Gasteiger partial charge in [0.2, 0.25) is 24.8 Å². The number of aromatic amines is 2. The highest BCUT2D eigenvalue weighted by Gasteiger charge is 2.64. The van der Waals surface area contributed by atoms with E-state index < -0.39 is 99.9 Å². The summed E-state index contributed by atoms with van der Waals surface area (Å²) in [5.41, 5.74) is -42.3. The SMILES string of the molecule is O=S(=O)([C-](S(=O)(=O)C(F)(F)F)S(=O)(=O)C(F)(F)F)C(F)(F)F.O=S(=O)([C-](S(=O)(=O)C(F)(F)F)S(=O)(=O)C(F)(F)F)C(F)(F)F.c1c[nH+]cc[nH+]1. The Kier molecular flexibility index (Phi) is 14.4. The van der Waals surface area contributed by atoms with Gasteiger partial charge in [-0.15, -0.1) is 0 Å². The van der Waals surface area contributed by atoms with E-state index in [0.717, 1.165) is 0 Å². The molecule has 1 heterocycles. The molecular formula is C12H6F18N2O12S6. The number of rotatable bonds is 6. The maximum absolute atomic E-state index is 12.0. The molecule has 0 fully saturated rings. The highest BCUT2D eigenvalue weighted by Crippen LogP contribution is 2.49. The lowest BCUT2D eigenvalue weighted by Gasteiger charge is -2.31. The minimum absolute atomic E-state index is 1.82. The van der Waals surface area contributed by atoms with Crippen molar-refractivity contribution in [2.24, 2.45) is 0 Å². The normalized spacial score (nSPS) is 15.1. The van der Waals surface area contributed by atoms with Crippen LogP contribution in [0.4, 0.5) is 79.0 Å². The lowest BCUT2D eigenvalue weighted by molar-refractivity contribution is -0.447. The largest absolute Gasteiger partial charge is 0.470 e. The highest BCUT2D eigenvalue weighted by molar-refractivity contribution is 8.30. The first-order chi connectivity index (χ1) is 21.2.